The van der Waals surface area contributed by atoms with E-state index in [-0.39, 0.29) is 22.3 Å². The fraction of sp³-hybridized carbons (Fsp3) is 0.545. The van der Waals surface area contributed by atoms with Crippen LogP contribution in [0.1, 0.15) is 29.9 Å². The Morgan fingerprint density at radius 3 is 2.62 bits per heavy atom. The van der Waals surface area contributed by atoms with E-state index < -0.39 is 30.1 Å². The fourth-order valence-corrected chi connectivity index (χ4v) is 8.27. The first-order valence-corrected chi connectivity index (χ1v) is 21.0. The van der Waals surface area contributed by atoms with Crippen molar-refractivity contribution in [3.8, 4) is 0 Å². The van der Waals surface area contributed by atoms with Crippen LogP contribution in [0, 0.1) is 0 Å². The van der Waals surface area contributed by atoms with Crippen molar-refractivity contribution < 1.29 is 18.3 Å². The van der Waals surface area contributed by atoms with Gasteiger partial charge in [0.1, 0.15) is 0 Å². The minimum atomic E-state index is -4.45. The van der Waals surface area contributed by atoms with Crippen LogP contribution in [0.25, 0.3) is 0 Å². The zero-order valence-corrected chi connectivity index (χ0v) is 21.5. The number of piperazine rings is 1. The van der Waals surface area contributed by atoms with Crippen LogP contribution in [0.2, 0.25) is 14.8 Å². The van der Waals surface area contributed by atoms with Crippen molar-refractivity contribution in [3.05, 3.63) is 35.5 Å². The number of anilines is 3. The van der Waals surface area contributed by atoms with Crippen molar-refractivity contribution >= 4 is 39.4 Å². The van der Waals surface area contributed by atoms with E-state index in [1.54, 1.807) is 0 Å². The second-order valence-electron chi connectivity index (χ2n) is 9.65. The number of nitrogens with zero attached hydrogens (tertiary/aromatic N) is 3. The van der Waals surface area contributed by atoms with Crippen LogP contribution in [-0.2, 0) is 6.18 Å². The van der Waals surface area contributed by atoms with Gasteiger partial charge in [-0.3, -0.25) is 0 Å². The van der Waals surface area contributed by atoms with Crippen LogP contribution >= 0.6 is 0 Å². The van der Waals surface area contributed by atoms with Crippen molar-refractivity contribution in [1.82, 2.24) is 15.3 Å². The zero-order chi connectivity index (χ0) is 23.1. The van der Waals surface area contributed by atoms with E-state index in [0.29, 0.717) is 5.92 Å². The third-order valence-electron chi connectivity index (χ3n) is 5.94. The Balaban J connectivity index is 1.63. The Kier molecular flexibility index (Phi) is 6.61. The topological polar surface area (TPSA) is 73.3 Å². The summed E-state index contributed by atoms with van der Waals surface area (Å²) in [7, 11) is 0. The molecule has 1 aliphatic heterocycles. The number of aromatic nitrogens is 2. The van der Waals surface area contributed by atoms with Crippen LogP contribution in [-0.4, -0.2) is 65.7 Å². The van der Waals surface area contributed by atoms with Gasteiger partial charge in [-0.1, -0.05) is 0 Å². The summed E-state index contributed by atoms with van der Waals surface area (Å²) in [5.41, 5.74) is 2.38. The molecule has 2 aromatic rings. The van der Waals surface area contributed by atoms with Gasteiger partial charge in [0.25, 0.3) is 0 Å². The van der Waals surface area contributed by atoms with Gasteiger partial charge in [0.2, 0.25) is 0 Å². The average molecular weight is 556 g/mol. The number of aliphatic hydroxyl groups excluding tert-OH is 1. The minimum absolute atomic E-state index is 0.0496. The maximum atomic E-state index is 13.5. The van der Waals surface area contributed by atoms with Gasteiger partial charge in [-0.25, -0.2) is 0 Å². The average Bonchev–Trinajstić information content (AvgIpc) is 3.58. The number of aliphatic hydroxyl groups is 1. The van der Waals surface area contributed by atoms with Gasteiger partial charge in [-0.15, -0.1) is 0 Å². The summed E-state index contributed by atoms with van der Waals surface area (Å²) in [4.78, 5) is 16.4. The predicted octanol–water partition coefficient (Wildman–Crippen LogP) is 3.43. The summed E-state index contributed by atoms with van der Waals surface area (Å²) in [5, 5.41) is 16.0. The molecule has 2 aliphatic rings. The van der Waals surface area contributed by atoms with Gasteiger partial charge < -0.3 is 5.11 Å². The van der Waals surface area contributed by atoms with Crippen molar-refractivity contribution in [3.63, 3.8) is 0 Å². The van der Waals surface area contributed by atoms with E-state index in [2.05, 4.69) is 31.6 Å². The predicted molar refractivity (Wildman–Crippen MR) is 123 cm³/mol. The molecule has 0 spiro atoms. The summed E-state index contributed by atoms with van der Waals surface area (Å²) in [6.07, 6.45) is -1.34. The molecular weight excluding hydrogens is 526 g/mol. The third-order valence-corrected chi connectivity index (χ3v) is 11.1. The van der Waals surface area contributed by atoms with Crippen LogP contribution in [0.4, 0.5) is 30.5 Å². The fourth-order valence-electron chi connectivity index (χ4n) is 4.12. The van der Waals surface area contributed by atoms with Gasteiger partial charge in [0, 0.05) is 0 Å². The first kappa shape index (κ1) is 23.6. The first-order chi connectivity index (χ1) is 15.1. The van der Waals surface area contributed by atoms with Gasteiger partial charge in [0.05, 0.1) is 0 Å². The van der Waals surface area contributed by atoms with E-state index in [1.807, 2.05) is 27.0 Å². The van der Waals surface area contributed by atoms with Gasteiger partial charge in [0.15, 0.2) is 0 Å². The Morgan fingerprint density at radius 2 is 2.00 bits per heavy atom. The molecule has 1 aromatic carbocycles. The molecule has 3 N–H and O–H groups in total. The van der Waals surface area contributed by atoms with Crippen molar-refractivity contribution in [1.29, 1.82) is 0 Å². The van der Waals surface area contributed by atoms with Crippen LogP contribution in [0.5, 0.6) is 0 Å². The first-order valence-electron chi connectivity index (χ1n) is 11.0. The molecule has 1 saturated carbocycles. The molecule has 1 saturated heterocycles. The number of hydrogen-bond acceptors (Lipinski definition) is 6. The van der Waals surface area contributed by atoms with E-state index >= 15 is 0 Å². The second kappa shape index (κ2) is 8.98. The molecular formula is C22H30F3N5OSn. The summed E-state index contributed by atoms with van der Waals surface area (Å²) in [6, 6.07) is 6.20. The van der Waals surface area contributed by atoms with Crippen LogP contribution < -0.4 is 19.2 Å². The molecule has 174 valence electrons. The summed E-state index contributed by atoms with van der Waals surface area (Å²) < 4.78 is 40.7. The molecule has 2 heterocycles. The molecule has 0 amide bonds. The number of nitrogens with one attached hydrogen (secondary N) is 2. The number of benzene rings is 1. The van der Waals surface area contributed by atoms with Crippen LogP contribution in [0.15, 0.2) is 24.4 Å². The molecule has 6 nitrogen and oxygen atoms in total. The summed E-state index contributed by atoms with van der Waals surface area (Å²) in [6.45, 7) is 2.50. The maximum absolute atomic E-state index is 13.5. The molecule has 1 atom stereocenters. The van der Waals surface area contributed by atoms with Gasteiger partial charge in [-0.2, -0.15) is 0 Å². The van der Waals surface area contributed by atoms with Gasteiger partial charge >= 0.3 is 186 Å². The van der Waals surface area contributed by atoms with Crippen molar-refractivity contribution in [2.45, 2.75) is 45.8 Å². The van der Waals surface area contributed by atoms with Gasteiger partial charge in [-0.05, 0) is 0 Å². The standard InChI is InChI=1S/C19H21F3N5O.3CH3.Sn/c20-19(21,22)13-8-24-18(25-9-13)26-17-4-3-15(7-16(17)12-1-2-12)27-6-5-23-14(10-27)11-28;;;;/h3-4,7-8,12,14,23,28H,1-2,5-6,10-11H2,(H,24,25,26);3*1H3;. The Labute approximate surface area is 190 Å². The molecule has 32 heavy (non-hydrogen) atoms. The normalized spacial score (nSPS) is 19.8. The third kappa shape index (κ3) is 5.31. The Hall–Kier alpha value is -1.59. The monoisotopic (exact) mass is 557 g/mol. The van der Waals surface area contributed by atoms with Crippen molar-refractivity contribution in [2.24, 2.45) is 0 Å². The molecule has 1 aliphatic carbocycles. The number of rotatable bonds is 6. The summed E-state index contributed by atoms with van der Waals surface area (Å²) >= 11 is -3.15. The van der Waals surface area contributed by atoms with E-state index in [0.717, 1.165) is 55.6 Å². The van der Waals surface area contributed by atoms with Crippen molar-refractivity contribution in [2.75, 3.05) is 36.5 Å². The van der Waals surface area contributed by atoms with E-state index in [4.69, 9.17) is 0 Å². The van der Waals surface area contributed by atoms with E-state index in [9.17, 15) is 18.3 Å². The molecule has 1 unspecified atom stereocenters. The Morgan fingerprint density at radius 1 is 1.25 bits per heavy atom. The zero-order valence-electron chi connectivity index (χ0n) is 18.6. The molecule has 0 radical (unpaired) electrons. The quantitative estimate of drug-likeness (QED) is 0.474. The molecule has 4 rings (SSSR count). The summed E-state index contributed by atoms with van der Waals surface area (Å²) in [5.74, 6) is 0.654. The van der Waals surface area contributed by atoms with Crippen LogP contribution in [0.3, 0.4) is 0 Å². The molecule has 1 aromatic heterocycles. The number of hydrogen-bond donors (Lipinski definition) is 3. The number of alkyl halides is 3. The molecule has 2 fully saturated rings. The SMILES string of the molecule is [CH3][Sn]([CH3])([CH3])[c]1nc(Nc2ccc(N3CCNC(CO)C3)cc2C2CC2)ncc1C(F)(F)F. The molecule has 0 bridgehead atoms. The molecule has 10 heteroatoms. The Bertz CT molecular complexity index is 975. The van der Waals surface area contributed by atoms with E-state index in [1.165, 1.54) is 0 Å². The number of halogens is 3. The second-order valence-corrected chi connectivity index (χ2v) is 23.8.